The van der Waals surface area contributed by atoms with Crippen LogP contribution >= 0.6 is 0 Å². The highest BCUT2D eigenvalue weighted by Crippen LogP contribution is 2.33. The van der Waals surface area contributed by atoms with Crippen LogP contribution < -0.4 is 9.47 Å². The van der Waals surface area contributed by atoms with Gasteiger partial charge in [-0.3, -0.25) is 4.79 Å². The van der Waals surface area contributed by atoms with Gasteiger partial charge in [0.1, 0.15) is 17.1 Å². The second-order valence-electron chi connectivity index (χ2n) is 3.19. The molecule has 1 aromatic rings. The number of fused-ring (bicyclic) bond motifs is 1. The van der Waals surface area contributed by atoms with Crippen molar-refractivity contribution in [3.05, 3.63) is 23.8 Å². The lowest BCUT2D eigenvalue weighted by Gasteiger charge is -2.06. The molecule has 0 spiro atoms. The summed E-state index contributed by atoms with van der Waals surface area (Å²) in [5.41, 5.74) is 0.598. The maximum Gasteiger partial charge on any atom is 0.207 e. The van der Waals surface area contributed by atoms with Crippen LogP contribution in [0.15, 0.2) is 18.2 Å². The molecule has 0 N–H and O–H groups in total. The number of ether oxygens (including phenoxy) is 2. The fourth-order valence-corrected chi connectivity index (χ4v) is 1.45. The summed E-state index contributed by atoms with van der Waals surface area (Å²) in [5, 5.41) is 0. The standard InChI is InChI=1S/C11H12O3/c1-2-6-13-9-4-3-5-10-11(9)8(12)7-14-10/h3-5H,2,6-7H2,1H3. The Balaban J connectivity index is 2.32. The molecule has 0 saturated heterocycles. The van der Waals surface area contributed by atoms with Gasteiger partial charge in [0.25, 0.3) is 0 Å². The van der Waals surface area contributed by atoms with E-state index in [0.717, 1.165) is 6.42 Å². The van der Waals surface area contributed by atoms with Gasteiger partial charge in [-0.1, -0.05) is 13.0 Å². The summed E-state index contributed by atoms with van der Waals surface area (Å²) in [6, 6.07) is 5.43. The first-order valence-electron chi connectivity index (χ1n) is 4.74. The maximum atomic E-state index is 11.4. The van der Waals surface area contributed by atoms with Crippen molar-refractivity contribution in [3.8, 4) is 11.5 Å². The molecule has 0 radical (unpaired) electrons. The number of carbonyl (C=O) groups excluding carboxylic acids is 1. The van der Waals surface area contributed by atoms with E-state index in [9.17, 15) is 4.79 Å². The SMILES string of the molecule is CCCOc1cccc2c1C(=O)CO2. The Kier molecular flexibility index (Phi) is 2.39. The quantitative estimate of drug-likeness (QED) is 0.735. The number of ketones is 1. The highest BCUT2D eigenvalue weighted by Gasteiger charge is 2.25. The average molecular weight is 192 g/mol. The summed E-state index contributed by atoms with van der Waals surface area (Å²) >= 11 is 0. The van der Waals surface area contributed by atoms with Gasteiger partial charge in [0, 0.05) is 0 Å². The molecule has 1 aliphatic heterocycles. The molecule has 3 heteroatoms. The minimum Gasteiger partial charge on any atom is -0.493 e. The molecule has 1 heterocycles. The van der Waals surface area contributed by atoms with E-state index < -0.39 is 0 Å². The van der Waals surface area contributed by atoms with E-state index in [1.54, 1.807) is 12.1 Å². The van der Waals surface area contributed by atoms with Crippen LogP contribution in [-0.2, 0) is 0 Å². The van der Waals surface area contributed by atoms with E-state index in [2.05, 4.69) is 0 Å². The van der Waals surface area contributed by atoms with Gasteiger partial charge >= 0.3 is 0 Å². The van der Waals surface area contributed by atoms with Gasteiger partial charge in [-0.2, -0.15) is 0 Å². The molecule has 0 aromatic heterocycles. The van der Waals surface area contributed by atoms with E-state index in [1.165, 1.54) is 0 Å². The summed E-state index contributed by atoms with van der Waals surface area (Å²) in [5.74, 6) is 1.29. The second-order valence-corrected chi connectivity index (χ2v) is 3.19. The van der Waals surface area contributed by atoms with Crippen molar-refractivity contribution < 1.29 is 14.3 Å². The first kappa shape index (κ1) is 9.06. The summed E-state index contributed by atoms with van der Waals surface area (Å²) < 4.78 is 10.7. The third-order valence-corrected chi connectivity index (χ3v) is 2.09. The lowest BCUT2D eigenvalue weighted by atomic mass is 10.1. The molecule has 0 saturated carbocycles. The Bertz CT molecular complexity index is 358. The molecule has 1 aliphatic rings. The van der Waals surface area contributed by atoms with Crippen LogP contribution in [0, 0.1) is 0 Å². The number of rotatable bonds is 3. The zero-order chi connectivity index (χ0) is 9.97. The minimum atomic E-state index is 0.00621. The second kappa shape index (κ2) is 3.70. The van der Waals surface area contributed by atoms with Crippen LogP contribution in [0.5, 0.6) is 11.5 Å². The zero-order valence-corrected chi connectivity index (χ0v) is 8.08. The van der Waals surface area contributed by atoms with E-state index in [0.29, 0.717) is 23.7 Å². The van der Waals surface area contributed by atoms with Gasteiger partial charge in [-0.05, 0) is 18.6 Å². The highest BCUT2D eigenvalue weighted by molar-refractivity contribution is 6.04. The van der Waals surface area contributed by atoms with Gasteiger partial charge in [0.2, 0.25) is 5.78 Å². The predicted octanol–water partition coefficient (Wildman–Crippen LogP) is 2.05. The van der Waals surface area contributed by atoms with E-state index in [-0.39, 0.29) is 12.4 Å². The first-order chi connectivity index (χ1) is 6.83. The smallest absolute Gasteiger partial charge is 0.207 e. The third-order valence-electron chi connectivity index (χ3n) is 2.09. The molecule has 1 aromatic carbocycles. The number of hydrogen-bond acceptors (Lipinski definition) is 3. The molecule has 0 amide bonds. The molecule has 3 nitrogen and oxygen atoms in total. The van der Waals surface area contributed by atoms with Gasteiger partial charge in [0.05, 0.1) is 6.61 Å². The Hall–Kier alpha value is -1.51. The molecule has 0 unspecified atom stereocenters. The highest BCUT2D eigenvalue weighted by atomic mass is 16.5. The van der Waals surface area contributed by atoms with Crippen molar-refractivity contribution in [1.29, 1.82) is 0 Å². The Labute approximate surface area is 82.6 Å². The normalized spacial score (nSPS) is 13.6. The fraction of sp³-hybridized carbons (Fsp3) is 0.364. The molecular formula is C11H12O3. The van der Waals surface area contributed by atoms with Gasteiger partial charge < -0.3 is 9.47 Å². The Morgan fingerprint density at radius 1 is 1.50 bits per heavy atom. The lowest BCUT2D eigenvalue weighted by Crippen LogP contribution is -2.03. The van der Waals surface area contributed by atoms with Crippen molar-refractivity contribution >= 4 is 5.78 Å². The monoisotopic (exact) mass is 192 g/mol. The van der Waals surface area contributed by atoms with Crippen LogP contribution in [0.1, 0.15) is 23.7 Å². The van der Waals surface area contributed by atoms with Crippen LogP contribution in [0.25, 0.3) is 0 Å². The molecule has 0 atom stereocenters. The summed E-state index contributed by atoms with van der Waals surface area (Å²) in [6.45, 7) is 2.80. The number of Topliss-reactive ketones (excluding diaryl/α,β-unsaturated/α-hetero) is 1. The lowest BCUT2D eigenvalue weighted by molar-refractivity contribution is 0.0958. The average Bonchev–Trinajstić information content (AvgIpc) is 2.58. The van der Waals surface area contributed by atoms with E-state index in [4.69, 9.17) is 9.47 Å². The third kappa shape index (κ3) is 1.45. The molecule has 2 rings (SSSR count). The van der Waals surface area contributed by atoms with Crippen molar-refractivity contribution in [3.63, 3.8) is 0 Å². The maximum absolute atomic E-state index is 11.4. The number of benzene rings is 1. The van der Waals surface area contributed by atoms with Crippen LogP contribution in [0.4, 0.5) is 0 Å². The summed E-state index contributed by atoms with van der Waals surface area (Å²) in [7, 11) is 0. The van der Waals surface area contributed by atoms with Gasteiger partial charge in [-0.15, -0.1) is 0 Å². The van der Waals surface area contributed by atoms with Crippen LogP contribution in [-0.4, -0.2) is 19.0 Å². The van der Waals surface area contributed by atoms with E-state index in [1.807, 2.05) is 13.0 Å². The Morgan fingerprint density at radius 2 is 2.36 bits per heavy atom. The minimum absolute atomic E-state index is 0.00621. The molecule has 0 bridgehead atoms. The predicted molar refractivity (Wildman–Crippen MR) is 52.1 cm³/mol. The van der Waals surface area contributed by atoms with Crippen molar-refractivity contribution in [2.24, 2.45) is 0 Å². The first-order valence-corrected chi connectivity index (χ1v) is 4.74. The molecular weight excluding hydrogens is 180 g/mol. The zero-order valence-electron chi connectivity index (χ0n) is 8.08. The molecule has 0 aliphatic carbocycles. The van der Waals surface area contributed by atoms with Crippen molar-refractivity contribution in [2.75, 3.05) is 13.2 Å². The summed E-state index contributed by atoms with van der Waals surface area (Å²) in [4.78, 5) is 11.4. The number of hydrogen-bond donors (Lipinski definition) is 0. The van der Waals surface area contributed by atoms with Gasteiger partial charge in [0.15, 0.2) is 6.61 Å². The largest absolute Gasteiger partial charge is 0.493 e. The van der Waals surface area contributed by atoms with E-state index >= 15 is 0 Å². The Morgan fingerprint density at radius 3 is 3.14 bits per heavy atom. The summed E-state index contributed by atoms with van der Waals surface area (Å²) in [6.07, 6.45) is 0.929. The van der Waals surface area contributed by atoms with Crippen molar-refractivity contribution in [1.82, 2.24) is 0 Å². The molecule has 0 fully saturated rings. The van der Waals surface area contributed by atoms with Gasteiger partial charge in [-0.25, -0.2) is 0 Å². The molecule has 74 valence electrons. The van der Waals surface area contributed by atoms with Crippen LogP contribution in [0.3, 0.4) is 0 Å². The fourth-order valence-electron chi connectivity index (χ4n) is 1.45. The number of carbonyl (C=O) groups is 1. The van der Waals surface area contributed by atoms with Crippen LogP contribution in [0.2, 0.25) is 0 Å². The molecule has 14 heavy (non-hydrogen) atoms. The van der Waals surface area contributed by atoms with Crippen molar-refractivity contribution in [2.45, 2.75) is 13.3 Å². The topological polar surface area (TPSA) is 35.5 Å².